The Labute approximate surface area is 158 Å². The molecule has 1 aliphatic rings. The van der Waals surface area contributed by atoms with E-state index in [1.165, 1.54) is 42.2 Å². The number of ether oxygens (including phenoxy) is 1. The van der Waals surface area contributed by atoms with Crippen molar-refractivity contribution in [3.63, 3.8) is 0 Å². The molecule has 1 fully saturated rings. The third-order valence-corrected chi connectivity index (χ3v) is 4.64. The van der Waals surface area contributed by atoms with E-state index in [4.69, 9.17) is 0 Å². The number of rotatable bonds is 7. The van der Waals surface area contributed by atoms with Gasteiger partial charge in [0, 0.05) is 39.4 Å². The normalized spacial score (nSPS) is 15.9. The van der Waals surface area contributed by atoms with Crippen molar-refractivity contribution in [2.75, 3.05) is 27.2 Å². The number of hydrogen-bond acceptors (Lipinski definition) is 3. The third kappa shape index (κ3) is 5.90. The monoisotopic (exact) mass is 413 g/mol. The van der Waals surface area contributed by atoms with Crippen LogP contribution >= 0.6 is 0 Å². The first-order chi connectivity index (χ1) is 12.8. The van der Waals surface area contributed by atoms with Crippen LogP contribution in [-0.2, 0) is 6.54 Å². The second-order valence-corrected chi connectivity index (χ2v) is 6.99. The van der Waals surface area contributed by atoms with E-state index < -0.39 is 30.4 Å². The van der Waals surface area contributed by atoms with Crippen molar-refractivity contribution in [1.29, 1.82) is 0 Å². The Hall–Kier alpha value is -2.20. The summed E-state index contributed by atoms with van der Waals surface area (Å²) >= 11 is 0. The lowest BCUT2D eigenvalue weighted by Crippen LogP contribution is -2.40. The highest BCUT2D eigenvalue weighted by Crippen LogP contribution is 2.59. The first-order valence-corrected chi connectivity index (χ1v) is 8.50. The highest BCUT2D eigenvalue weighted by atomic mass is 19.4. The van der Waals surface area contributed by atoms with E-state index in [2.05, 4.69) is 9.72 Å². The van der Waals surface area contributed by atoms with Gasteiger partial charge in [0.15, 0.2) is 6.61 Å². The summed E-state index contributed by atoms with van der Waals surface area (Å²) in [6.07, 6.45) is -7.52. The van der Waals surface area contributed by atoms with Gasteiger partial charge in [-0.15, -0.1) is 0 Å². The summed E-state index contributed by atoms with van der Waals surface area (Å²) in [6.45, 7) is -1.49. The Kier molecular flexibility index (Phi) is 6.34. The molecule has 0 unspecified atom stereocenters. The van der Waals surface area contributed by atoms with Crippen molar-refractivity contribution >= 4 is 6.03 Å². The number of pyridine rings is 1. The van der Waals surface area contributed by atoms with Crippen LogP contribution in [0.5, 0.6) is 5.88 Å². The lowest BCUT2D eigenvalue weighted by atomic mass is 10.0. The smallest absolute Gasteiger partial charge is 0.422 e. The van der Waals surface area contributed by atoms with Gasteiger partial charge in [0.25, 0.3) is 0 Å². The summed E-state index contributed by atoms with van der Waals surface area (Å²) in [5.41, 5.74) is -1.21. The number of carbonyl (C=O) groups is 1. The maximum Gasteiger partial charge on any atom is 0.422 e. The van der Waals surface area contributed by atoms with Crippen LogP contribution < -0.4 is 4.74 Å². The Morgan fingerprint density at radius 2 is 1.82 bits per heavy atom. The minimum Gasteiger partial charge on any atom is -0.468 e. The van der Waals surface area contributed by atoms with Gasteiger partial charge in [0.05, 0.1) is 5.41 Å². The quantitative estimate of drug-likeness (QED) is 0.629. The highest BCUT2D eigenvalue weighted by molar-refractivity contribution is 5.73. The van der Waals surface area contributed by atoms with Crippen LogP contribution in [0.1, 0.15) is 24.8 Å². The molecule has 0 N–H and O–H groups in total. The minimum absolute atomic E-state index is 0.0402. The van der Waals surface area contributed by atoms with E-state index in [0.29, 0.717) is 5.56 Å². The molecule has 1 aromatic heterocycles. The number of halogens is 6. The van der Waals surface area contributed by atoms with Crippen LogP contribution in [0.2, 0.25) is 0 Å². The van der Waals surface area contributed by atoms with Gasteiger partial charge >= 0.3 is 18.4 Å². The Morgan fingerprint density at radius 1 is 1.18 bits per heavy atom. The molecule has 5 nitrogen and oxygen atoms in total. The van der Waals surface area contributed by atoms with Crippen LogP contribution in [-0.4, -0.2) is 60.4 Å². The molecule has 0 atom stereocenters. The van der Waals surface area contributed by atoms with Gasteiger partial charge in [-0.25, -0.2) is 9.78 Å². The van der Waals surface area contributed by atoms with Crippen LogP contribution in [0.4, 0.5) is 31.1 Å². The summed E-state index contributed by atoms with van der Waals surface area (Å²) < 4.78 is 80.1. The van der Waals surface area contributed by atoms with Crippen molar-refractivity contribution in [1.82, 2.24) is 14.8 Å². The first kappa shape index (κ1) is 22.1. The molecule has 0 aliphatic heterocycles. The minimum atomic E-state index is -4.50. The van der Waals surface area contributed by atoms with E-state index in [1.807, 2.05) is 0 Å². The van der Waals surface area contributed by atoms with Gasteiger partial charge in [-0.05, 0) is 30.9 Å². The average molecular weight is 413 g/mol. The van der Waals surface area contributed by atoms with Crippen molar-refractivity contribution in [2.45, 2.75) is 38.2 Å². The summed E-state index contributed by atoms with van der Waals surface area (Å²) in [4.78, 5) is 18.5. The summed E-state index contributed by atoms with van der Waals surface area (Å²) in [7, 11) is 2.86. The number of urea groups is 1. The lowest BCUT2D eigenvalue weighted by molar-refractivity contribution is -0.189. The molecule has 2 amide bonds. The summed E-state index contributed by atoms with van der Waals surface area (Å²) in [5, 5.41) is 0. The fourth-order valence-electron chi connectivity index (χ4n) is 2.72. The number of alkyl halides is 6. The predicted octanol–water partition coefficient (Wildman–Crippen LogP) is 4.24. The molecule has 11 heteroatoms. The molecular formula is C17H21F6N3O2. The standard InChI is InChI=1S/C17H21F6N3O2/c1-25(8-6-15(4-5-15)17(21,22)23)14(27)26(2)10-12-3-7-24-13(9-12)28-11-16(18,19)20/h3,7,9H,4-6,8,10-11H2,1-2H3. The topological polar surface area (TPSA) is 45.7 Å². The van der Waals surface area contributed by atoms with Crippen LogP contribution in [0.25, 0.3) is 0 Å². The maximum atomic E-state index is 13.0. The molecule has 0 aromatic carbocycles. The zero-order valence-electron chi connectivity index (χ0n) is 15.4. The number of aromatic nitrogens is 1. The van der Waals surface area contributed by atoms with Crippen molar-refractivity contribution in [2.24, 2.45) is 5.41 Å². The van der Waals surface area contributed by atoms with E-state index >= 15 is 0 Å². The first-order valence-electron chi connectivity index (χ1n) is 8.50. The van der Waals surface area contributed by atoms with E-state index in [-0.39, 0.29) is 38.2 Å². The second kappa shape index (κ2) is 8.04. The largest absolute Gasteiger partial charge is 0.468 e. The molecule has 1 aliphatic carbocycles. The van der Waals surface area contributed by atoms with Gasteiger partial charge in [0.1, 0.15) is 0 Å². The van der Waals surface area contributed by atoms with Gasteiger partial charge in [0.2, 0.25) is 5.88 Å². The number of carbonyl (C=O) groups excluding carboxylic acids is 1. The van der Waals surface area contributed by atoms with E-state index in [0.717, 1.165) is 0 Å². The highest BCUT2D eigenvalue weighted by Gasteiger charge is 2.62. The fourth-order valence-corrected chi connectivity index (χ4v) is 2.72. The maximum absolute atomic E-state index is 13.0. The average Bonchev–Trinajstić information content (AvgIpc) is 3.38. The number of hydrogen-bond donors (Lipinski definition) is 0. The molecule has 0 spiro atoms. The Balaban J connectivity index is 1.88. The Morgan fingerprint density at radius 3 is 2.36 bits per heavy atom. The molecule has 28 heavy (non-hydrogen) atoms. The van der Waals surface area contributed by atoms with Crippen molar-refractivity contribution in [3.8, 4) is 5.88 Å². The molecule has 0 saturated heterocycles. The zero-order valence-corrected chi connectivity index (χ0v) is 15.4. The van der Waals surface area contributed by atoms with Gasteiger partial charge in [-0.2, -0.15) is 26.3 Å². The lowest BCUT2D eigenvalue weighted by Gasteiger charge is -2.27. The molecule has 158 valence electrons. The molecule has 0 bridgehead atoms. The fraction of sp³-hybridized carbons (Fsp3) is 0.647. The molecule has 2 rings (SSSR count). The molecule has 1 saturated carbocycles. The molecular weight excluding hydrogens is 392 g/mol. The molecule has 0 radical (unpaired) electrons. The van der Waals surface area contributed by atoms with E-state index in [9.17, 15) is 31.1 Å². The summed E-state index contributed by atoms with van der Waals surface area (Å²) in [5.74, 6) is -0.232. The molecule has 1 aromatic rings. The van der Waals surface area contributed by atoms with Crippen LogP contribution in [0, 0.1) is 5.41 Å². The number of amides is 2. The zero-order chi connectivity index (χ0) is 21.2. The van der Waals surface area contributed by atoms with Gasteiger partial charge in [-0.3, -0.25) is 0 Å². The van der Waals surface area contributed by atoms with Crippen molar-refractivity contribution < 1.29 is 35.9 Å². The number of nitrogens with zero attached hydrogens (tertiary/aromatic N) is 3. The molecule has 1 heterocycles. The van der Waals surface area contributed by atoms with Gasteiger partial charge in [-0.1, -0.05) is 0 Å². The van der Waals surface area contributed by atoms with Gasteiger partial charge < -0.3 is 14.5 Å². The Bertz CT molecular complexity index is 688. The SMILES string of the molecule is CN(CCC1(C(F)(F)F)CC1)C(=O)N(C)Cc1ccnc(OCC(F)(F)F)c1. The van der Waals surface area contributed by atoms with Crippen molar-refractivity contribution in [3.05, 3.63) is 23.9 Å². The second-order valence-electron chi connectivity index (χ2n) is 6.99. The van der Waals surface area contributed by atoms with E-state index in [1.54, 1.807) is 0 Å². The summed E-state index contributed by atoms with van der Waals surface area (Å²) in [6, 6.07) is 2.29. The van der Waals surface area contributed by atoms with Crippen LogP contribution in [0.3, 0.4) is 0 Å². The third-order valence-electron chi connectivity index (χ3n) is 4.64. The van der Waals surface area contributed by atoms with Crippen LogP contribution in [0.15, 0.2) is 18.3 Å². The predicted molar refractivity (Wildman–Crippen MR) is 87.6 cm³/mol.